The first-order valence-electron chi connectivity index (χ1n) is 11.3. The first-order valence-corrected chi connectivity index (χ1v) is 14.1. The lowest BCUT2D eigenvalue weighted by Gasteiger charge is -2.38. The van der Waals surface area contributed by atoms with E-state index in [2.05, 4.69) is 5.32 Å². The number of primary sulfonamides is 1. The van der Waals surface area contributed by atoms with Crippen LogP contribution in [-0.2, 0) is 10.0 Å². The summed E-state index contributed by atoms with van der Waals surface area (Å²) in [5.41, 5.74) is 1.68. The van der Waals surface area contributed by atoms with Crippen molar-refractivity contribution in [2.75, 3.05) is 5.32 Å². The maximum Gasteiger partial charge on any atom is 0.282 e. The van der Waals surface area contributed by atoms with Crippen LogP contribution in [0, 0.1) is 26.1 Å². The zero-order valence-corrected chi connectivity index (χ0v) is 21.4. The maximum absolute atomic E-state index is 12.1. The Hall–Kier alpha value is -3.19. The minimum atomic E-state index is -3.98. The Kier molecular flexibility index (Phi) is 6.61. The van der Waals surface area contributed by atoms with E-state index < -0.39 is 31.3 Å². The molecule has 1 saturated carbocycles. The maximum atomic E-state index is 12.1. The minimum Gasteiger partial charge on any atom is -0.377 e. The molecular formula is C24H21ClN4O6S2. The highest BCUT2D eigenvalue weighted by Crippen LogP contribution is 2.58. The molecule has 192 valence electrons. The first kappa shape index (κ1) is 25.5. The van der Waals surface area contributed by atoms with Gasteiger partial charge in [-0.15, -0.1) is 23.4 Å². The van der Waals surface area contributed by atoms with E-state index in [1.54, 1.807) is 42.5 Å². The van der Waals surface area contributed by atoms with E-state index in [1.807, 2.05) is 0 Å². The van der Waals surface area contributed by atoms with Crippen molar-refractivity contribution in [3.05, 3.63) is 98.1 Å². The second kappa shape index (κ2) is 9.60. The fourth-order valence-corrected chi connectivity index (χ4v) is 7.86. The molecule has 2 aliphatic rings. The average molecular weight is 561 g/mol. The Balaban J connectivity index is 1.61. The topological polar surface area (TPSA) is 158 Å². The van der Waals surface area contributed by atoms with E-state index in [0.717, 1.165) is 0 Å². The summed E-state index contributed by atoms with van der Waals surface area (Å²) in [7, 11) is -3.98. The van der Waals surface area contributed by atoms with E-state index in [-0.39, 0.29) is 33.4 Å². The molecule has 37 heavy (non-hydrogen) atoms. The molecule has 3 N–H and O–H groups in total. The summed E-state index contributed by atoms with van der Waals surface area (Å²) in [4.78, 5) is 22.9. The Labute approximate surface area is 221 Å². The Bertz CT molecular complexity index is 1520. The third kappa shape index (κ3) is 4.65. The number of nitro benzene ring substituents is 2. The summed E-state index contributed by atoms with van der Waals surface area (Å²) in [5.74, 6) is -0.642. The summed E-state index contributed by atoms with van der Waals surface area (Å²) in [6.45, 7) is 0. The molecule has 3 aromatic carbocycles. The molecule has 10 nitrogen and oxygen atoms in total. The quantitative estimate of drug-likeness (QED) is 0.237. The zero-order chi connectivity index (χ0) is 26.5. The smallest absolute Gasteiger partial charge is 0.282 e. The van der Waals surface area contributed by atoms with Crippen LogP contribution >= 0.6 is 23.4 Å². The number of rotatable bonds is 6. The number of anilines is 1. The van der Waals surface area contributed by atoms with Crippen LogP contribution in [0.1, 0.15) is 29.5 Å². The molecule has 1 aliphatic heterocycles. The van der Waals surface area contributed by atoms with Crippen molar-refractivity contribution in [2.45, 2.75) is 38.8 Å². The number of hydrogen-bond acceptors (Lipinski definition) is 8. The predicted molar refractivity (Wildman–Crippen MR) is 141 cm³/mol. The number of nitrogens with zero attached hydrogens (tertiary/aromatic N) is 2. The van der Waals surface area contributed by atoms with Crippen molar-refractivity contribution < 1.29 is 18.3 Å². The van der Waals surface area contributed by atoms with Crippen LogP contribution in [0.25, 0.3) is 0 Å². The van der Waals surface area contributed by atoms with E-state index in [9.17, 15) is 28.6 Å². The SMILES string of the molecule is NS(=O)(=O)c1ccc2c(c1)[C@@H]1[C@H](Cl)[C@H](Sc3ccccc3[N+](=O)[O-])C[C@@H]1[C@@H](c1ccccc1[N+](=O)[O-])N2. The van der Waals surface area contributed by atoms with Crippen LogP contribution < -0.4 is 10.5 Å². The number of nitrogens with one attached hydrogen (secondary N) is 1. The van der Waals surface area contributed by atoms with Crippen molar-refractivity contribution in [3.63, 3.8) is 0 Å². The van der Waals surface area contributed by atoms with Gasteiger partial charge in [0.2, 0.25) is 10.0 Å². The van der Waals surface area contributed by atoms with Gasteiger partial charge in [0.25, 0.3) is 11.4 Å². The van der Waals surface area contributed by atoms with Crippen molar-refractivity contribution >= 4 is 50.4 Å². The van der Waals surface area contributed by atoms with Gasteiger partial charge in [-0.2, -0.15) is 0 Å². The van der Waals surface area contributed by atoms with Crippen LogP contribution in [0.2, 0.25) is 0 Å². The first-order chi connectivity index (χ1) is 17.6. The normalized spacial score (nSPS) is 24.5. The summed E-state index contributed by atoms with van der Waals surface area (Å²) in [5, 5.41) is 31.3. The fraction of sp³-hybridized carbons (Fsp3) is 0.250. The number of halogens is 1. The summed E-state index contributed by atoms with van der Waals surface area (Å²) < 4.78 is 24.2. The number of sulfonamides is 1. The summed E-state index contributed by atoms with van der Waals surface area (Å²) >= 11 is 8.34. The number of thioether (sulfide) groups is 1. The van der Waals surface area contributed by atoms with E-state index >= 15 is 0 Å². The second-order valence-corrected chi connectivity index (χ2v) is 12.3. The van der Waals surface area contributed by atoms with Gasteiger partial charge in [-0.1, -0.05) is 30.3 Å². The third-order valence-electron chi connectivity index (χ3n) is 6.92. The van der Waals surface area contributed by atoms with Crippen molar-refractivity contribution in [1.82, 2.24) is 0 Å². The van der Waals surface area contributed by atoms with Gasteiger partial charge in [0.05, 0.1) is 36.6 Å². The second-order valence-electron chi connectivity index (χ2n) is 8.98. The number of nitrogens with two attached hydrogens (primary N) is 1. The molecule has 0 saturated heterocycles. The van der Waals surface area contributed by atoms with Crippen LogP contribution in [0.15, 0.2) is 76.5 Å². The fourth-order valence-electron chi connectivity index (χ4n) is 5.37. The number of fused-ring (bicyclic) bond motifs is 3. The summed E-state index contributed by atoms with van der Waals surface area (Å²) in [6.07, 6.45) is 0.484. The van der Waals surface area contributed by atoms with Gasteiger partial charge >= 0.3 is 0 Å². The molecule has 5 atom stereocenters. The van der Waals surface area contributed by atoms with Crippen LogP contribution in [0.3, 0.4) is 0 Å². The molecular weight excluding hydrogens is 540 g/mol. The molecule has 0 radical (unpaired) electrons. The lowest BCUT2D eigenvalue weighted by Crippen LogP contribution is -2.32. The predicted octanol–water partition coefficient (Wildman–Crippen LogP) is 5.19. The Morgan fingerprint density at radius 2 is 1.59 bits per heavy atom. The van der Waals surface area contributed by atoms with Gasteiger partial charge in [-0.3, -0.25) is 20.2 Å². The van der Waals surface area contributed by atoms with Crippen molar-refractivity contribution in [2.24, 2.45) is 11.1 Å². The highest BCUT2D eigenvalue weighted by Gasteiger charge is 2.51. The van der Waals surface area contributed by atoms with Gasteiger partial charge < -0.3 is 5.32 Å². The molecule has 1 fully saturated rings. The molecule has 13 heteroatoms. The largest absolute Gasteiger partial charge is 0.377 e. The number of nitro groups is 2. The molecule has 0 unspecified atom stereocenters. The van der Waals surface area contributed by atoms with Crippen molar-refractivity contribution in [3.8, 4) is 0 Å². The molecule has 1 aliphatic carbocycles. The van der Waals surface area contributed by atoms with Gasteiger partial charge in [-0.05, 0) is 42.2 Å². The number of benzene rings is 3. The van der Waals surface area contributed by atoms with Crippen LogP contribution in [0.5, 0.6) is 0 Å². The molecule has 1 heterocycles. The number of para-hydroxylation sites is 2. The van der Waals surface area contributed by atoms with Crippen LogP contribution in [-0.4, -0.2) is 28.9 Å². The van der Waals surface area contributed by atoms with Gasteiger partial charge in [0.15, 0.2) is 0 Å². The Morgan fingerprint density at radius 1 is 0.946 bits per heavy atom. The van der Waals surface area contributed by atoms with Gasteiger partial charge in [0, 0.05) is 29.0 Å². The highest BCUT2D eigenvalue weighted by atomic mass is 35.5. The van der Waals surface area contributed by atoms with Crippen molar-refractivity contribution in [1.29, 1.82) is 0 Å². The number of hydrogen-bond donors (Lipinski definition) is 2. The monoisotopic (exact) mass is 560 g/mol. The molecule has 0 spiro atoms. The Morgan fingerprint density at radius 3 is 2.27 bits per heavy atom. The van der Waals surface area contributed by atoms with E-state index in [1.165, 1.54) is 36.0 Å². The summed E-state index contributed by atoms with van der Waals surface area (Å²) in [6, 6.07) is 16.9. The van der Waals surface area contributed by atoms with E-state index in [0.29, 0.717) is 28.1 Å². The number of alkyl halides is 1. The zero-order valence-electron chi connectivity index (χ0n) is 19.1. The van der Waals surface area contributed by atoms with Gasteiger partial charge in [0.1, 0.15) is 0 Å². The minimum absolute atomic E-state index is 0.0310. The van der Waals surface area contributed by atoms with Crippen LogP contribution in [0.4, 0.5) is 17.1 Å². The van der Waals surface area contributed by atoms with E-state index in [4.69, 9.17) is 16.7 Å². The molecule has 0 aromatic heterocycles. The lowest BCUT2D eigenvalue weighted by atomic mass is 9.77. The molecule has 0 amide bonds. The molecule has 3 aromatic rings. The molecule has 5 rings (SSSR count). The molecule has 0 bridgehead atoms. The van der Waals surface area contributed by atoms with Gasteiger partial charge in [-0.25, -0.2) is 13.6 Å². The third-order valence-corrected chi connectivity index (χ3v) is 9.95. The standard InChI is InChI=1S/C24H21ClN4O6S2/c25-23-21(36-20-8-4-3-7-19(20)29(32)33)12-16-22(23)15-11-13(37(26,34)35)9-10-17(15)27-24(16)14-5-1-2-6-18(14)28(30)31/h1-11,16,21-24,27H,12H2,(H2,26,34,35)/t16-,21+,22-,23+,24+/m0/s1. The average Bonchev–Trinajstić information content (AvgIpc) is 3.19. The lowest BCUT2D eigenvalue weighted by molar-refractivity contribution is -0.387. The highest BCUT2D eigenvalue weighted by molar-refractivity contribution is 8.00.